The molecule has 0 aliphatic heterocycles. The fraction of sp³-hybridized carbons (Fsp3) is 0. The molecule has 0 spiro atoms. The van der Waals surface area contributed by atoms with Crippen molar-refractivity contribution in [3.63, 3.8) is 0 Å². The van der Waals surface area contributed by atoms with E-state index in [0.717, 1.165) is 0 Å². The highest BCUT2D eigenvalue weighted by molar-refractivity contribution is 7.82. The summed E-state index contributed by atoms with van der Waals surface area (Å²) < 4.78 is 4.89. The molecule has 0 aromatic heterocycles. The van der Waals surface area contributed by atoms with Crippen molar-refractivity contribution in [2.24, 2.45) is 0 Å². The quantitative estimate of drug-likeness (QED) is 0.416. The zero-order chi connectivity index (χ0) is 8.27. The second-order valence-electron chi connectivity index (χ2n) is 1.91. The monoisotopic (exact) mass is 187 g/mol. The number of benzene rings is 1. The summed E-state index contributed by atoms with van der Waals surface area (Å²) in [6.07, 6.45) is 0. The molecule has 0 atom stereocenters. The van der Waals surface area contributed by atoms with Crippen LogP contribution in [0.5, 0.6) is 5.75 Å². The standard InChI is InChI=1S/C7H6ClNOS/c8-7(11)10-6-3-1-5(9)2-4-6/h1-4H,9H2. The molecular formula is C7H6ClNOS. The minimum atomic E-state index is -0.0187. The molecule has 2 N–H and O–H groups in total. The molecule has 0 radical (unpaired) electrons. The summed E-state index contributed by atoms with van der Waals surface area (Å²) in [5.74, 6) is 0.596. The number of anilines is 1. The molecule has 0 aliphatic carbocycles. The van der Waals surface area contributed by atoms with Crippen molar-refractivity contribution >= 4 is 34.0 Å². The Morgan fingerprint density at radius 3 is 2.36 bits per heavy atom. The van der Waals surface area contributed by atoms with Gasteiger partial charge in [0, 0.05) is 5.69 Å². The number of rotatable bonds is 1. The van der Waals surface area contributed by atoms with Gasteiger partial charge in [-0.25, -0.2) is 0 Å². The van der Waals surface area contributed by atoms with E-state index in [-0.39, 0.29) is 4.51 Å². The van der Waals surface area contributed by atoms with Crippen LogP contribution in [0.4, 0.5) is 5.69 Å². The molecule has 0 aliphatic rings. The minimum absolute atomic E-state index is 0.0187. The van der Waals surface area contributed by atoms with E-state index < -0.39 is 0 Å². The van der Waals surface area contributed by atoms with E-state index in [1.807, 2.05) is 0 Å². The van der Waals surface area contributed by atoms with Crippen molar-refractivity contribution in [1.82, 2.24) is 0 Å². The molecule has 58 valence electrons. The minimum Gasteiger partial charge on any atom is -0.436 e. The fourth-order valence-electron chi connectivity index (χ4n) is 0.629. The maximum atomic E-state index is 5.44. The maximum Gasteiger partial charge on any atom is 0.260 e. The predicted molar refractivity (Wildman–Crippen MR) is 49.9 cm³/mol. The number of nitrogens with two attached hydrogens (primary N) is 1. The lowest BCUT2D eigenvalue weighted by Gasteiger charge is -2.00. The van der Waals surface area contributed by atoms with E-state index in [1.54, 1.807) is 24.3 Å². The van der Waals surface area contributed by atoms with Crippen molar-refractivity contribution in [2.45, 2.75) is 0 Å². The molecule has 0 heterocycles. The third-order valence-corrected chi connectivity index (χ3v) is 1.24. The molecule has 0 saturated heterocycles. The Morgan fingerprint density at radius 2 is 1.91 bits per heavy atom. The van der Waals surface area contributed by atoms with Crippen molar-refractivity contribution in [2.75, 3.05) is 5.73 Å². The zero-order valence-corrected chi connectivity index (χ0v) is 7.15. The van der Waals surface area contributed by atoms with E-state index in [4.69, 9.17) is 22.1 Å². The largest absolute Gasteiger partial charge is 0.436 e. The Balaban J connectivity index is 2.74. The van der Waals surface area contributed by atoms with Crippen molar-refractivity contribution in [3.8, 4) is 5.75 Å². The van der Waals surface area contributed by atoms with Gasteiger partial charge in [-0.05, 0) is 48.1 Å². The number of hydrogen-bond donors (Lipinski definition) is 1. The molecule has 1 aromatic rings. The van der Waals surface area contributed by atoms with E-state index in [0.29, 0.717) is 11.4 Å². The summed E-state index contributed by atoms with van der Waals surface area (Å²) >= 11 is 9.85. The average molecular weight is 188 g/mol. The van der Waals surface area contributed by atoms with Gasteiger partial charge in [-0.1, -0.05) is 0 Å². The summed E-state index contributed by atoms with van der Waals surface area (Å²) in [6.45, 7) is 0. The number of thiocarbonyl (C=S) groups is 1. The summed E-state index contributed by atoms with van der Waals surface area (Å²) in [4.78, 5) is 0. The SMILES string of the molecule is Nc1ccc(OC(=S)Cl)cc1. The van der Waals surface area contributed by atoms with Gasteiger partial charge in [-0.15, -0.1) is 0 Å². The van der Waals surface area contributed by atoms with E-state index in [2.05, 4.69) is 12.2 Å². The summed E-state index contributed by atoms with van der Waals surface area (Å²) in [7, 11) is 0. The highest BCUT2D eigenvalue weighted by Gasteiger charge is 1.94. The van der Waals surface area contributed by atoms with Crippen molar-refractivity contribution < 1.29 is 4.74 Å². The Kier molecular flexibility index (Phi) is 2.68. The number of nitrogen functional groups attached to an aromatic ring is 1. The van der Waals surface area contributed by atoms with Crippen LogP contribution in [-0.2, 0) is 0 Å². The van der Waals surface area contributed by atoms with Crippen LogP contribution in [0.1, 0.15) is 0 Å². The summed E-state index contributed by atoms with van der Waals surface area (Å²) in [5, 5.41) is 0. The second-order valence-corrected chi connectivity index (χ2v) is 2.85. The van der Waals surface area contributed by atoms with E-state index in [9.17, 15) is 0 Å². The molecule has 4 heteroatoms. The molecule has 0 unspecified atom stereocenters. The van der Waals surface area contributed by atoms with Gasteiger partial charge < -0.3 is 10.5 Å². The molecule has 11 heavy (non-hydrogen) atoms. The van der Waals surface area contributed by atoms with Crippen LogP contribution in [0.3, 0.4) is 0 Å². The third kappa shape index (κ3) is 2.74. The van der Waals surface area contributed by atoms with Gasteiger partial charge in [-0.2, -0.15) is 0 Å². The zero-order valence-electron chi connectivity index (χ0n) is 5.58. The Labute approximate surface area is 74.9 Å². The lowest BCUT2D eigenvalue weighted by Crippen LogP contribution is -1.95. The Morgan fingerprint density at radius 1 is 1.36 bits per heavy atom. The van der Waals surface area contributed by atoms with Crippen LogP contribution in [0.25, 0.3) is 0 Å². The molecule has 1 aromatic carbocycles. The summed E-state index contributed by atoms with van der Waals surface area (Å²) in [6, 6.07) is 6.82. The van der Waals surface area contributed by atoms with Crippen molar-refractivity contribution in [3.05, 3.63) is 24.3 Å². The summed E-state index contributed by atoms with van der Waals surface area (Å²) in [5.41, 5.74) is 6.11. The normalized spacial score (nSPS) is 9.18. The lowest BCUT2D eigenvalue weighted by molar-refractivity contribution is 0.578. The van der Waals surface area contributed by atoms with Gasteiger partial charge in [0.15, 0.2) is 0 Å². The molecule has 1 rings (SSSR count). The highest BCUT2D eigenvalue weighted by atomic mass is 35.5. The van der Waals surface area contributed by atoms with Gasteiger partial charge in [0.05, 0.1) is 0 Å². The van der Waals surface area contributed by atoms with Crippen LogP contribution in [0, 0.1) is 0 Å². The Bertz CT molecular complexity index is 260. The molecule has 0 saturated carbocycles. The van der Waals surface area contributed by atoms with Crippen LogP contribution in [-0.4, -0.2) is 4.51 Å². The highest BCUT2D eigenvalue weighted by Crippen LogP contribution is 2.13. The first kappa shape index (κ1) is 8.30. The number of ether oxygens (including phenoxy) is 1. The first-order valence-corrected chi connectivity index (χ1v) is 3.70. The van der Waals surface area contributed by atoms with Crippen LogP contribution < -0.4 is 10.5 Å². The first-order valence-electron chi connectivity index (χ1n) is 2.91. The lowest BCUT2D eigenvalue weighted by atomic mass is 10.3. The van der Waals surface area contributed by atoms with Gasteiger partial charge in [0.1, 0.15) is 5.75 Å². The van der Waals surface area contributed by atoms with E-state index >= 15 is 0 Å². The van der Waals surface area contributed by atoms with Gasteiger partial charge >= 0.3 is 0 Å². The molecule has 0 bridgehead atoms. The van der Waals surface area contributed by atoms with Crippen molar-refractivity contribution in [1.29, 1.82) is 0 Å². The topological polar surface area (TPSA) is 35.2 Å². The second kappa shape index (κ2) is 3.55. The Hall–Kier alpha value is -0.800. The van der Waals surface area contributed by atoms with Crippen LogP contribution >= 0.6 is 23.8 Å². The third-order valence-electron chi connectivity index (χ3n) is 1.08. The van der Waals surface area contributed by atoms with Gasteiger partial charge in [0.25, 0.3) is 4.51 Å². The fourth-order valence-corrected chi connectivity index (χ4v) is 0.814. The predicted octanol–water partition coefficient (Wildman–Crippen LogP) is 2.17. The van der Waals surface area contributed by atoms with Gasteiger partial charge in [0.2, 0.25) is 0 Å². The first-order chi connectivity index (χ1) is 5.18. The van der Waals surface area contributed by atoms with Crippen LogP contribution in [0.15, 0.2) is 24.3 Å². The molecule has 0 amide bonds. The number of halogens is 1. The maximum absolute atomic E-state index is 5.44. The van der Waals surface area contributed by atoms with Crippen LogP contribution in [0.2, 0.25) is 0 Å². The average Bonchev–Trinajstić information content (AvgIpc) is 1.93. The molecule has 2 nitrogen and oxygen atoms in total. The van der Waals surface area contributed by atoms with E-state index in [1.165, 1.54) is 0 Å². The smallest absolute Gasteiger partial charge is 0.260 e. The molecular weight excluding hydrogens is 182 g/mol. The number of hydrogen-bond acceptors (Lipinski definition) is 3. The molecule has 0 fully saturated rings. The van der Waals surface area contributed by atoms with Gasteiger partial charge in [-0.3, -0.25) is 0 Å².